The average molecular weight is 477 g/mol. The Bertz CT molecular complexity index is 1130. The quantitative estimate of drug-likeness (QED) is 0.250. The van der Waals surface area contributed by atoms with Gasteiger partial charge in [0.15, 0.2) is 0 Å². The molecule has 0 spiro atoms. The van der Waals surface area contributed by atoms with E-state index in [9.17, 15) is 15.2 Å². The fourth-order valence-corrected chi connectivity index (χ4v) is 4.46. The van der Waals surface area contributed by atoms with E-state index in [4.69, 9.17) is 5.73 Å². The maximum atomic E-state index is 11.5. The second kappa shape index (κ2) is 11.7. The molecule has 1 aromatic heterocycles. The molecule has 184 valence electrons. The third kappa shape index (κ3) is 6.52. The lowest BCUT2D eigenvalue weighted by molar-refractivity contribution is -0.384. The molecular formula is C26H32N6O3. The van der Waals surface area contributed by atoms with E-state index in [2.05, 4.69) is 44.9 Å². The molecule has 35 heavy (non-hydrogen) atoms. The van der Waals surface area contributed by atoms with Gasteiger partial charge in [-0.15, -0.1) is 0 Å². The number of hydrogen-bond donors (Lipinski definition) is 4. The van der Waals surface area contributed by atoms with Gasteiger partial charge in [-0.3, -0.25) is 10.1 Å². The third-order valence-electron chi connectivity index (χ3n) is 6.65. The molecule has 1 fully saturated rings. The number of aliphatic hydroxyl groups excluding tert-OH is 1. The maximum absolute atomic E-state index is 11.5. The van der Waals surface area contributed by atoms with Crippen molar-refractivity contribution in [1.29, 1.82) is 0 Å². The van der Waals surface area contributed by atoms with Crippen molar-refractivity contribution in [3.05, 3.63) is 76.0 Å². The van der Waals surface area contributed by atoms with Crippen LogP contribution in [0.4, 0.5) is 17.5 Å². The third-order valence-corrected chi connectivity index (χ3v) is 6.65. The summed E-state index contributed by atoms with van der Waals surface area (Å²) in [5, 5.41) is 27.2. The summed E-state index contributed by atoms with van der Waals surface area (Å²) >= 11 is 0. The van der Waals surface area contributed by atoms with Gasteiger partial charge in [-0.25, -0.2) is 4.98 Å². The largest absolute Gasteiger partial charge is 0.396 e. The molecule has 0 saturated heterocycles. The van der Waals surface area contributed by atoms with E-state index < -0.39 is 4.92 Å². The fraction of sp³-hybridized carbons (Fsp3) is 0.385. The molecule has 1 aliphatic rings. The first kappa shape index (κ1) is 24.6. The Morgan fingerprint density at radius 3 is 2.43 bits per heavy atom. The van der Waals surface area contributed by atoms with Crippen LogP contribution in [0, 0.1) is 22.0 Å². The number of nitrogens with two attached hydrogens (primary N) is 1. The SMILES string of the molecule is NCc1ccc(-c2cccc(CNc3ncc([N+](=O)[O-])c(NCC4CCC(CO)CC4)n3)c2)cc1. The summed E-state index contributed by atoms with van der Waals surface area (Å²) < 4.78 is 0. The smallest absolute Gasteiger partial charge is 0.329 e. The van der Waals surface area contributed by atoms with Crippen molar-refractivity contribution < 1.29 is 10.0 Å². The lowest BCUT2D eigenvalue weighted by atomic mass is 9.82. The molecule has 4 rings (SSSR count). The van der Waals surface area contributed by atoms with E-state index >= 15 is 0 Å². The summed E-state index contributed by atoms with van der Waals surface area (Å²) in [6, 6.07) is 16.3. The van der Waals surface area contributed by atoms with Crippen LogP contribution in [0.15, 0.2) is 54.7 Å². The molecule has 0 radical (unpaired) electrons. The molecule has 0 unspecified atom stereocenters. The molecule has 2 aromatic carbocycles. The van der Waals surface area contributed by atoms with Gasteiger partial charge >= 0.3 is 5.69 Å². The van der Waals surface area contributed by atoms with Gasteiger partial charge in [0.05, 0.1) is 4.92 Å². The van der Waals surface area contributed by atoms with Crippen molar-refractivity contribution in [2.24, 2.45) is 17.6 Å². The number of aliphatic hydroxyl groups is 1. The predicted molar refractivity (Wildman–Crippen MR) is 137 cm³/mol. The zero-order valence-corrected chi connectivity index (χ0v) is 19.7. The lowest BCUT2D eigenvalue weighted by Crippen LogP contribution is -2.23. The summed E-state index contributed by atoms with van der Waals surface area (Å²) in [5.74, 6) is 1.34. The van der Waals surface area contributed by atoms with Crippen molar-refractivity contribution in [1.82, 2.24) is 9.97 Å². The van der Waals surface area contributed by atoms with Gasteiger partial charge in [0.2, 0.25) is 11.8 Å². The summed E-state index contributed by atoms with van der Waals surface area (Å²) in [6.07, 6.45) is 5.20. The van der Waals surface area contributed by atoms with Crippen LogP contribution in [0.2, 0.25) is 0 Å². The molecule has 0 amide bonds. The van der Waals surface area contributed by atoms with E-state index in [-0.39, 0.29) is 18.1 Å². The number of aromatic nitrogens is 2. The number of rotatable bonds is 10. The average Bonchev–Trinajstić information content (AvgIpc) is 2.91. The Morgan fingerprint density at radius 1 is 1.00 bits per heavy atom. The van der Waals surface area contributed by atoms with Crippen LogP contribution < -0.4 is 16.4 Å². The standard InChI is InChI=1S/C26H32N6O3/c27-13-18-8-10-22(11-9-18)23-3-1-2-21(12-23)15-29-26-30-16-24(32(34)35)25(31-26)28-14-19-4-6-20(17-33)7-5-19/h1-3,8-12,16,19-20,33H,4-7,13-15,17,27H2,(H2,28,29,30,31). The van der Waals surface area contributed by atoms with Gasteiger partial charge in [0.1, 0.15) is 6.20 Å². The summed E-state index contributed by atoms with van der Waals surface area (Å²) in [7, 11) is 0. The van der Waals surface area contributed by atoms with Crippen molar-refractivity contribution >= 4 is 17.5 Å². The maximum Gasteiger partial charge on any atom is 0.329 e. The van der Waals surface area contributed by atoms with Gasteiger partial charge in [-0.2, -0.15) is 4.98 Å². The van der Waals surface area contributed by atoms with Gasteiger partial charge in [-0.05, 0) is 65.8 Å². The molecular weight excluding hydrogens is 444 g/mol. The van der Waals surface area contributed by atoms with Crippen molar-refractivity contribution in [3.63, 3.8) is 0 Å². The molecule has 0 atom stereocenters. The van der Waals surface area contributed by atoms with Gasteiger partial charge in [0.25, 0.3) is 0 Å². The van der Waals surface area contributed by atoms with Crippen LogP contribution in [0.5, 0.6) is 0 Å². The molecule has 0 bridgehead atoms. The summed E-state index contributed by atoms with van der Waals surface area (Å²) in [4.78, 5) is 19.6. The Morgan fingerprint density at radius 2 is 1.74 bits per heavy atom. The lowest BCUT2D eigenvalue weighted by Gasteiger charge is -2.27. The molecule has 0 aliphatic heterocycles. The number of anilines is 2. The molecule has 9 heteroatoms. The minimum absolute atomic E-state index is 0.137. The van der Waals surface area contributed by atoms with Crippen LogP contribution >= 0.6 is 0 Å². The van der Waals surface area contributed by atoms with Gasteiger partial charge in [0, 0.05) is 26.2 Å². The van der Waals surface area contributed by atoms with E-state index in [1.54, 1.807) is 0 Å². The number of nitro groups is 1. The second-order valence-corrected chi connectivity index (χ2v) is 9.09. The highest BCUT2D eigenvalue weighted by atomic mass is 16.6. The second-order valence-electron chi connectivity index (χ2n) is 9.09. The summed E-state index contributed by atoms with van der Waals surface area (Å²) in [6.45, 7) is 1.84. The van der Waals surface area contributed by atoms with Crippen molar-refractivity contribution in [3.8, 4) is 11.1 Å². The number of nitrogens with one attached hydrogen (secondary N) is 2. The van der Waals surface area contributed by atoms with Gasteiger partial charge < -0.3 is 21.5 Å². The van der Waals surface area contributed by atoms with E-state index in [0.717, 1.165) is 47.9 Å². The number of benzene rings is 2. The minimum atomic E-state index is -0.464. The van der Waals surface area contributed by atoms with Crippen molar-refractivity contribution in [2.75, 3.05) is 23.8 Å². The summed E-state index contributed by atoms with van der Waals surface area (Å²) in [5.41, 5.74) is 9.89. The first-order valence-corrected chi connectivity index (χ1v) is 12.0. The molecule has 1 aliphatic carbocycles. The Hall–Kier alpha value is -3.56. The normalized spacial score (nSPS) is 17.7. The molecule has 1 saturated carbocycles. The van der Waals surface area contributed by atoms with E-state index in [1.165, 1.54) is 6.20 Å². The fourth-order valence-electron chi connectivity index (χ4n) is 4.46. The van der Waals surface area contributed by atoms with Crippen LogP contribution in [0.25, 0.3) is 11.1 Å². The number of hydrogen-bond acceptors (Lipinski definition) is 8. The molecule has 1 heterocycles. The predicted octanol–water partition coefficient (Wildman–Crippen LogP) is 4.33. The van der Waals surface area contributed by atoms with Crippen LogP contribution in [0.1, 0.15) is 36.8 Å². The van der Waals surface area contributed by atoms with Crippen LogP contribution in [-0.4, -0.2) is 33.1 Å². The highest BCUT2D eigenvalue weighted by molar-refractivity contribution is 5.64. The Kier molecular flexibility index (Phi) is 8.23. The van der Waals surface area contributed by atoms with E-state index in [1.807, 2.05) is 24.3 Å². The highest BCUT2D eigenvalue weighted by Gasteiger charge is 2.23. The molecule has 3 aromatic rings. The topological polar surface area (TPSA) is 139 Å². The van der Waals surface area contributed by atoms with Crippen molar-refractivity contribution in [2.45, 2.75) is 38.8 Å². The first-order chi connectivity index (χ1) is 17.1. The Labute approximate surface area is 205 Å². The highest BCUT2D eigenvalue weighted by Crippen LogP contribution is 2.30. The Balaban J connectivity index is 1.40. The minimum Gasteiger partial charge on any atom is -0.396 e. The van der Waals surface area contributed by atoms with E-state index in [0.29, 0.717) is 37.4 Å². The molecule has 9 nitrogen and oxygen atoms in total. The monoisotopic (exact) mass is 476 g/mol. The van der Waals surface area contributed by atoms with Gasteiger partial charge in [-0.1, -0.05) is 42.5 Å². The van der Waals surface area contributed by atoms with Crippen LogP contribution in [0.3, 0.4) is 0 Å². The zero-order chi connectivity index (χ0) is 24.6. The van der Waals surface area contributed by atoms with Crippen LogP contribution in [-0.2, 0) is 13.1 Å². The zero-order valence-electron chi connectivity index (χ0n) is 19.7. The first-order valence-electron chi connectivity index (χ1n) is 12.0. The number of nitrogens with zero attached hydrogens (tertiary/aromatic N) is 3. The molecule has 5 N–H and O–H groups in total.